The number of ether oxygens (including phenoxy) is 1. The Morgan fingerprint density at radius 2 is 1.94 bits per heavy atom. The molecule has 1 saturated heterocycles. The van der Waals surface area contributed by atoms with E-state index in [-0.39, 0.29) is 11.5 Å². The number of hydrogen-bond acceptors (Lipinski definition) is 7. The third kappa shape index (κ3) is 4.74. The Morgan fingerprint density at radius 1 is 1.16 bits per heavy atom. The van der Waals surface area contributed by atoms with E-state index in [1.54, 1.807) is 36.4 Å². The second-order valence-electron chi connectivity index (χ2n) is 6.66. The number of nitrogens with zero attached hydrogens (tertiary/aromatic N) is 3. The fourth-order valence-corrected chi connectivity index (χ4v) is 5.28. The van der Waals surface area contributed by atoms with Gasteiger partial charge < -0.3 is 4.74 Å². The van der Waals surface area contributed by atoms with Gasteiger partial charge in [-0.3, -0.25) is 18.9 Å². The van der Waals surface area contributed by atoms with Gasteiger partial charge in [-0.25, -0.2) is 4.98 Å². The highest BCUT2D eigenvalue weighted by atomic mass is 32.2. The van der Waals surface area contributed by atoms with Gasteiger partial charge in [-0.1, -0.05) is 60.0 Å². The Balaban J connectivity index is 1.76. The van der Waals surface area contributed by atoms with Crippen molar-refractivity contribution >= 4 is 57.7 Å². The molecule has 0 bridgehead atoms. The smallest absolute Gasteiger partial charge is 0.266 e. The minimum atomic E-state index is -0.228. The Kier molecular flexibility index (Phi) is 6.86. The van der Waals surface area contributed by atoms with Crippen molar-refractivity contribution in [1.82, 2.24) is 14.3 Å². The zero-order valence-corrected chi connectivity index (χ0v) is 19.1. The number of rotatable bonds is 7. The predicted molar refractivity (Wildman–Crippen MR) is 128 cm³/mol. The van der Waals surface area contributed by atoms with Gasteiger partial charge >= 0.3 is 0 Å². The number of pyridine rings is 1. The maximum absolute atomic E-state index is 13.3. The first-order valence-corrected chi connectivity index (χ1v) is 11.6. The Morgan fingerprint density at radius 3 is 2.71 bits per heavy atom. The quantitative estimate of drug-likeness (QED) is 0.224. The first kappa shape index (κ1) is 21.8. The number of fused-ring (bicyclic) bond motifs is 1. The van der Waals surface area contributed by atoms with Crippen LogP contribution in [0.4, 0.5) is 0 Å². The predicted octanol–water partition coefficient (Wildman–Crippen LogP) is 4.08. The molecule has 3 aromatic rings. The summed E-state index contributed by atoms with van der Waals surface area (Å²) in [4.78, 5) is 33.9. The average Bonchev–Trinajstić information content (AvgIpc) is 3.04. The molecule has 1 aromatic carbocycles. The topological polar surface area (TPSA) is 63.9 Å². The number of aromatic nitrogens is 2. The fraction of sp³-hybridized carbons (Fsp3) is 0.182. The summed E-state index contributed by atoms with van der Waals surface area (Å²) < 4.78 is 7.04. The van der Waals surface area contributed by atoms with Gasteiger partial charge in [-0.2, -0.15) is 0 Å². The highest BCUT2D eigenvalue weighted by Crippen LogP contribution is 2.35. The van der Waals surface area contributed by atoms with E-state index >= 15 is 0 Å². The zero-order valence-electron chi connectivity index (χ0n) is 16.7. The molecule has 1 fully saturated rings. The lowest BCUT2D eigenvalue weighted by molar-refractivity contribution is -0.122. The summed E-state index contributed by atoms with van der Waals surface area (Å²) in [5.41, 5.74) is 0.693. The number of thioether (sulfide) groups is 1. The van der Waals surface area contributed by atoms with Gasteiger partial charge in [-0.05, 0) is 36.8 Å². The highest BCUT2D eigenvalue weighted by Gasteiger charge is 2.32. The van der Waals surface area contributed by atoms with Crippen LogP contribution in [0.1, 0.15) is 12.0 Å². The van der Waals surface area contributed by atoms with E-state index in [0.29, 0.717) is 45.0 Å². The first-order valence-electron chi connectivity index (χ1n) is 9.57. The molecule has 0 atom stereocenters. The molecule has 0 unspecified atom stereocenters. The molecule has 1 aliphatic heterocycles. The summed E-state index contributed by atoms with van der Waals surface area (Å²) in [6, 6.07) is 15.1. The highest BCUT2D eigenvalue weighted by molar-refractivity contribution is 8.26. The molecule has 0 spiro atoms. The van der Waals surface area contributed by atoms with Gasteiger partial charge in [0.25, 0.3) is 11.5 Å². The van der Waals surface area contributed by atoms with Gasteiger partial charge in [0.05, 0.1) is 10.5 Å². The first-order chi connectivity index (χ1) is 15.1. The number of benzene rings is 1. The molecule has 4 rings (SSSR count). The van der Waals surface area contributed by atoms with Crippen LogP contribution in [0.25, 0.3) is 11.7 Å². The van der Waals surface area contributed by atoms with Gasteiger partial charge in [0.1, 0.15) is 15.0 Å². The molecule has 0 N–H and O–H groups in total. The minimum Gasteiger partial charge on any atom is -0.385 e. The second-order valence-corrected chi connectivity index (χ2v) is 9.40. The van der Waals surface area contributed by atoms with E-state index in [4.69, 9.17) is 21.9 Å². The number of methoxy groups -OCH3 is 1. The number of carbonyl (C=O) groups excluding carboxylic acids is 1. The summed E-state index contributed by atoms with van der Waals surface area (Å²) in [5, 5.41) is 0.548. The van der Waals surface area contributed by atoms with Gasteiger partial charge in [-0.15, -0.1) is 0 Å². The Bertz CT molecular complexity index is 1220. The minimum absolute atomic E-state index is 0.195. The van der Waals surface area contributed by atoms with E-state index in [2.05, 4.69) is 0 Å². The molecule has 0 radical (unpaired) electrons. The van der Waals surface area contributed by atoms with E-state index < -0.39 is 0 Å². The van der Waals surface area contributed by atoms with E-state index in [1.165, 1.54) is 27.9 Å². The molecular weight excluding hydrogens is 450 g/mol. The van der Waals surface area contributed by atoms with E-state index in [0.717, 1.165) is 4.90 Å². The SMILES string of the molecule is COCCCN1C(=O)C(=Cc2c(Sc3ccccc3)nc3ccccn3c2=O)SC1=S. The van der Waals surface area contributed by atoms with Crippen LogP contribution in [0.5, 0.6) is 0 Å². The van der Waals surface area contributed by atoms with Crippen LogP contribution >= 0.6 is 35.7 Å². The molecule has 31 heavy (non-hydrogen) atoms. The maximum atomic E-state index is 13.3. The van der Waals surface area contributed by atoms with Gasteiger partial charge in [0.2, 0.25) is 0 Å². The summed E-state index contributed by atoms with van der Waals surface area (Å²) in [6.07, 6.45) is 3.98. The zero-order chi connectivity index (χ0) is 21.8. The monoisotopic (exact) mass is 469 g/mol. The van der Waals surface area contributed by atoms with E-state index in [9.17, 15) is 9.59 Å². The molecule has 1 aliphatic rings. The molecule has 0 saturated carbocycles. The fourth-order valence-electron chi connectivity index (χ4n) is 3.07. The Labute approximate surface area is 193 Å². The normalized spacial score (nSPS) is 15.4. The maximum Gasteiger partial charge on any atom is 0.266 e. The van der Waals surface area contributed by atoms with Crippen molar-refractivity contribution in [2.75, 3.05) is 20.3 Å². The van der Waals surface area contributed by atoms with E-state index in [1.807, 2.05) is 36.4 Å². The number of thiocarbonyl (C=S) groups is 1. The van der Waals surface area contributed by atoms with Crippen molar-refractivity contribution in [3.8, 4) is 0 Å². The lowest BCUT2D eigenvalue weighted by atomic mass is 10.2. The van der Waals surface area contributed by atoms with Gasteiger partial charge in [0, 0.05) is 31.4 Å². The van der Waals surface area contributed by atoms with Crippen molar-refractivity contribution in [1.29, 1.82) is 0 Å². The number of amides is 1. The second kappa shape index (κ2) is 9.78. The molecule has 1 amide bonds. The molecular formula is C22H19N3O3S3. The third-order valence-electron chi connectivity index (χ3n) is 4.57. The van der Waals surface area contributed by atoms with Gasteiger partial charge in [0.15, 0.2) is 0 Å². The molecule has 2 aromatic heterocycles. The summed E-state index contributed by atoms with van der Waals surface area (Å²) in [6.45, 7) is 1.03. The summed E-state index contributed by atoms with van der Waals surface area (Å²) in [7, 11) is 1.62. The third-order valence-corrected chi connectivity index (χ3v) is 6.96. The standard InChI is InChI=1S/C22H19N3O3S3/c1-28-13-7-12-25-21(27)17(31-22(25)29)14-16-19(30-15-8-3-2-4-9-15)23-18-10-5-6-11-24(18)20(16)26/h2-6,8-11,14H,7,12-13H2,1H3. The van der Waals surface area contributed by atoms with Crippen molar-refractivity contribution in [2.45, 2.75) is 16.3 Å². The lowest BCUT2D eigenvalue weighted by Crippen LogP contribution is -2.29. The van der Waals surface area contributed by atoms with Crippen LogP contribution in [-0.2, 0) is 9.53 Å². The van der Waals surface area contributed by atoms with Crippen molar-refractivity contribution in [3.05, 3.63) is 75.6 Å². The Hall–Kier alpha value is -2.46. The summed E-state index contributed by atoms with van der Waals surface area (Å²) >= 11 is 7.99. The van der Waals surface area contributed by atoms with Crippen LogP contribution in [-0.4, -0.2) is 44.8 Å². The molecule has 3 heterocycles. The number of hydrogen-bond donors (Lipinski definition) is 0. The number of carbonyl (C=O) groups is 1. The van der Waals surface area contributed by atoms with Crippen molar-refractivity contribution in [3.63, 3.8) is 0 Å². The lowest BCUT2D eigenvalue weighted by Gasteiger charge is -2.13. The molecule has 158 valence electrons. The molecule has 9 heteroatoms. The van der Waals surface area contributed by atoms with Crippen LogP contribution in [0.3, 0.4) is 0 Å². The van der Waals surface area contributed by atoms with Crippen LogP contribution in [0.15, 0.2) is 74.3 Å². The van der Waals surface area contributed by atoms with Crippen LogP contribution in [0.2, 0.25) is 0 Å². The molecule has 0 aliphatic carbocycles. The van der Waals surface area contributed by atoms with Crippen molar-refractivity contribution in [2.24, 2.45) is 0 Å². The average molecular weight is 470 g/mol. The molecule has 6 nitrogen and oxygen atoms in total. The van der Waals surface area contributed by atoms with Crippen LogP contribution in [0, 0.1) is 0 Å². The largest absolute Gasteiger partial charge is 0.385 e. The summed E-state index contributed by atoms with van der Waals surface area (Å²) in [5.74, 6) is -0.195. The van der Waals surface area contributed by atoms with Crippen LogP contribution < -0.4 is 5.56 Å². The van der Waals surface area contributed by atoms with Crippen molar-refractivity contribution < 1.29 is 9.53 Å².